The van der Waals surface area contributed by atoms with E-state index in [1.54, 1.807) is 7.05 Å². The molecular weight excluding hydrogens is 286 g/mol. The summed E-state index contributed by atoms with van der Waals surface area (Å²) in [6, 6.07) is 3.43. The van der Waals surface area contributed by atoms with Gasteiger partial charge < -0.3 is 15.5 Å². The average Bonchev–Trinajstić information content (AvgIpc) is 2.52. The van der Waals surface area contributed by atoms with Gasteiger partial charge in [0, 0.05) is 32.2 Å². The predicted molar refractivity (Wildman–Crippen MR) is 87.0 cm³/mol. The minimum Gasteiger partial charge on any atom is -0.355 e. The van der Waals surface area contributed by atoms with Crippen molar-refractivity contribution in [2.45, 2.75) is 26.8 Å². The van der Waals surface area contributed by atoms with Crippen LogP contribution >= 0.6 is 0 Å². The van der Waals surface area contributed by atoms with Gasteiger partial charge in [-0.15, -0.1) is 0 Å². The number of nitrogens with one attached hydrogen (secondary N) is 2. The SMILES string of the molecule is CCCN(CC)CCNC(=NC)NCc1cc(F)ccc1F. The molecule has 0 heterocycles. The summed E-state index contributed by atoms with van der Waals surface area (Å²) < 4.78 is 26.6. The molecule has 0 unspecified atom stereocenters. The number of likely N-dealkylation sites (N-methyl/N-ethyl adjacent to an activating group) is 1. The monoisotopic (exact) mass is 312 g/mol. The first-order chi connectivity index (χ1) is 10.6. The summed E-state index contributed by atoms with van der Waals surface area (Å²) in [5.41, 5.74) is 0.282. The second kappa shape index (κ2) is 10.1. The Morgan fingerprint density at radius 3 is 2.59 bits per heavy atom. The Bertz CT molecular complexity index is 477. The Kier molecular flexibility index (Phi) is 8.43. The summed E-state index contributed by atoms with van der Waals surface area (Å²) in [5.74, 6) is -0.292. The standard InChI is InChI=1S/C16H26F2N4/c1-4-9-22(5-2)10-8-20-16(19-3)21-12-13-11-14(17)6-7-15(13)18/h6-7,11H,4-5,8-10,12H2,1-3H3,(H2,19,20,21). The Balaban J connectivity index is 2.41. The molecule has 22 heavy (non-hydrogen) atoms. The van der Waals surface area contributed by atoms with E-state index in [0.29, 0.717) is 5.96 Å². The first-order valence-electron chi connectivity index (χ1n) is 7.71. The summed E-state index contributed by atoms with van der Waals surface area (Å²) in [6.45, 7) is 8.22. The molecule has 0 saturated carbocycles. The van der Waals surface area contributed by atoms with Gasteiger partial charge in [0.05, 0.1) is 0 Å². The molecule has 0 aliphatic carbocycles. The van der Waals surface area contributed by atoms with Crippen molar-refractivity contribution in [2.24, 2.45) is 4.99 Å². The minimum absolute atomic E-state index is 0.190. The summed E-state index contributed by atoms with van der Waals surface area (Å²) in [4.78, 5) is 6.42. The average molecular weight is 312 g/mol. The predicted octanol–water partition coefficient (Wildman–Crippen LogP) is 2.36. The van der Waals surface area contributed by atoms with Gasteiger partial charge in [-0.3, -0.25) is 4.99 Å². The van der Waals surface area contributed by atoms with Crippen molar-refractivity contribution < 1.29 is 8.78 Å². The lowest BCUT2D eigenvalue weighted by molar-refractivity contribution is 0.293. The van der Waals surface area contributed by atoms with E-state index in [0.717, 1.165) is 44.7 Å². The number of benzene rings is 1. The Morgan fingerprint density at radius 2 is 1.95 bits per heavy atom. The van der Waals surface area contributed by atoms with E-state index in [-0.39, 0.29) is 12.1 Å². The number of aliphatic imine (C=N–C) groups is 1. The molecule has 0 aromatic heterocycles. The highest BCUT2D eigenvalue weighted by atomic mass is 19.1. The number of guanidine groups is 1. The summed E-state index contributed by atoms with van der Waals surface area (Å²) >= 11 is 0. The fourth-order valence-corrected chi connectivity index (χ4v) is 2.16. The van der Waals surface area contributed by atoms with E-state index in [4.69, 9.17) is 0 Å². The van der Waals surface area contributed by atoms with E-state index < -0.39 is 11.6 Å². The molecule has 124 valence electrons. The van der Waals surface area contributed by atoms with Gasteiger partial charge in [-0.2, -0.15) is 0 Å². The van der Waals surface area contributed by atoms with E-state index in [9.17, 15) is 8.78 Å². The van der Waals surface area contributed by atoms with Crippen molar-refractivity contribution >= 4 is 5.96 Å². The lowest BCUT2D eigenvalue weighted by Crippen LogP contribution is -2.41. The summed E-state index contributed by atoms with van der Waals surface area (Å²) in [5, 5.41) is 6.17. The van der Waals surface area contributed by atoms with Gasteiger partial charge in [-0.25, -0.2) is 8.78 Å². The van der Waals surface area contributed by atoms with Crippen LogP contribution in [0.2, 0.25) is 0 Å². The molecule has 0 radical (unpaired) electrons. The van der Waals surface area contributed by atoms with Crippen molar-refractivity contribution in [3.05, 3.63) is 35.4 Å². The van der Waals surface area contributed by atoms with Crippen LogP contribution in [0.25, 0.3) is 0 Å². The highest BCUT2D eigenvalue weighted by molar-refractivity contribution is 5.79. The van der Waals surface area contributed by atoms with Gasteiger partial charge in [0.1, 0.15) is 11.6 Å². The first-order valence-corrected chi connectivity index (χ1v) is 7.71. The van der Waals surface area contributed by atoms with E-state index >= 15 is 0 Å². The zero-order valence-corrected chi connectivity index (χ0v) is 13.6. The molecule has 1 aromatic rings. The largest absolute Gasteiger partial charge is 0.355 e. The molecule has 0 bridgehead atoms. The zero-order valence-electron chi connectivity index (χ0n) is 13.6. The maximum atomic E-state index is 13.5. The molecule has 0 aliphatic heterocycles. The van der Waals surface area contributed by atoms with Crippen LogP contribution in [-0.2, 0) is 6.54 Å². The highest BCUT2D eigenvalue weighted by Crippen LogP contribution is 2.08. The van der Waals surface area contributed by atoms with Gasteiger partial charge in [-0.1, -0.05) is 13.8 Å². The smallest absolute Gasteiger partial charge is 0.191 e. The highest BCUT2D eigenvalue weighted by Gasteiger charge is 2.06. The molecule has 0 saturated heterocycles. The maximum absolute atomic E-state index is 13.5. The van der Waals surface area contributed by atoms with Gasteiger partial charge in [-0.05, 0) is 37.7 Å². The van der Waals surface area contributed by atoms with E-state index in [2.05, 4.69) is 34.4 Å². The lowest BCUT2D eigenvalue weighted by Gasteiger charge is -2.20. The van der Waals surface area contributed by atoms with Crippen LogP contribution < -0.4 is 10.6 Å². The normalized spacial score (nSPS) is 11.8. The first kappa shape index (κ1) is 18.4. The topological polar surface area (TPSA) is 39.7 Å². The van der Waals surface area contributed by atoms with Crippen LogP contribution in [0, 0.1) is 11.6 Å². The fraction of sp³-hybridized carbons (Fsp3) is 0.562. The number of hydrogen-bond acceptors (Lipinski definition) is 2. The van der Waals surface area contributed by atoms with Gasteiger partial charge in [0.15, 0.2) is 5.96 Å². The molecule has 4 nitrogen and oxygen atoms in total. The van der Waals surface area contributed by atoms with Crippen LogP contribution in [0.15, 0.2) is 23.2 Å². The van der Waals surface area contributed by atoms with Crippen LogP contribution in [0.3, 0.4) is 0 Å². The number of hydrogen-bond donors (Lipinski definition) is 2. The summed E-state index contributed by atoms with van der Waals surface area (Å²) in [7, 11) is 1.65. The molecule has 0 fully saturated rings. The van der Waals surface area contributed by atoms with Crippen molar-refractivity contribution in [3.63, 3.8) is 0 Å². The van der Waals surface area contributed by atoms with Crippen LogP contribution in [0.1, 0.15) is 25.8 Å². The molecule has 6 heteroatoms. The van der Waals surface area contributed by atoms with E-state index in [1.807, 2.05) is 0 Å². The second-order valence-corrected chi connectivity index (χ2v) is 5.02. The molecule has 0 spiro atoms. The Labute approximate surface area is 131 Å². The van der Waals surface area contributed by atoms with Gasteiger partial charge in [0.2, 0.25) is 0 Å². The maximum Gasteiger partial charge on any atom is 0.191 e. The second-order valence-electron chi connectivity index (χ2n) is 5.02. The number of halogens is 2. The van der Waals surface area contributed by atoms with Crippen molar-refractivity contribution in [3.8, 4) is 0 Å². The van der Waals surface area contributed by atoms with Crippen LogP contribution in [-0.4, -0.2) is 44.1 Å². The molecular formula is C16H26F2N4. The Morgan fingerprint density at radius 1 is 1.18 bits per heavy atom. The zero-order chi connectivity index (χ0) is 16.4. The Hall–Kier alpha value is -1.69. The fourth-order valence-electron chi connectivity index (χ4n) is 2.16. The molecule has 1 aromatic carbocycles. The third kappa shape index (κ3) is 6.39. The molecule has 0 amide bonds. The van der Waals surface area contributed by atoms with E-state index in [1.165, 1.54) is 6.07 Å². The van der Waals surface area contributed by atoms with Crippen LogP contribution in [0.4, 0.5) is 8.78 Å². The van der Waals surface area contributed by atoms with Crippen molar-refractivity contribution in [2.75, 3.05) is 33.2 Å². The molecule has 0 aliphatic rings. The number of rotatable bonds is 8. The third-order valence-electron chi connectivity index (χ3n) is 3.39. The third-order valence-corrected chi connectivity index (χ3v) is 3.39. The van der Waals surface area contributed by atoms with Crippen molar-refractivity contribution in [1.29, 1.82) is 0 Å². The summed E-state index contributed by atoms with van der Waals surface area (Å²) in [6.07, 6.45) is 1.12. The minimum atomic E-state index is -0.445. The van der Waals surface area contributed by atoms with Crippen LogP contribution in [0.5, 0.6) is 0 Å². The van der Waals surface area contributed by atoms with Gasteiger partial charge in [0.25, 0.3) is 0 Å². The molecule has 2 N–H and O–H groups in total. The quantitative estimate of drug-likeness (QED) is 0.572. The molecule has 1 rings (SSSR count). The van der Waals surface area contributed by atoms with Gasteiger partial charge >= 0.3 is 0 Å². The number of nitrogens with zero attached hydrogens (tertiary/aromatic N) is 2. The van der Waals surface area contributed by atoms with Crippen molar-refractivity contribution in [1.82, 2.24) is 15.5 Å². The molecule has 0 atom stereocenters. The lowest BCUT2D eigenvalue weighted by atomic mass is 10.2.